The van der Waals surface area contributed by atoms with Gasteiger partial charge in [0.1, 0.15) is 24.1 Å². The molecule has 1 N–H and O–H groups in total. The molecule has 0 saturated heterocycles. The van der Waals surface area contributed by atoms with Crippen LogP contribution in [0.25, 0.3) is 0 Å². The predicted octanol–water partition coefficient (Wildman–Crippen LogP) is 4.88. The minimum atomic E-state index is -4.13. The number of carbonyl (C=O) groups excluding carboxylic acids is 2. The van der Waals surface area contributed by atoms with Gasteiger partial charge in [-0.15, -0.1) is 0 Å². The molecule has 212 valence electrons. The molecule has 9 heteroatoms. The Labute approximate surface area is 241 Å². The van der Waals surface area contributed by atoms with E-state index < -0.39 is 28.5 Å². The Hall–Kier alpha value is -4.63. The third kappa shape index (κ3) is 7.52. The van der Waals surface area contributed by atoms with Gasteiger partial charge in [0.05, 0.1) is 10.6 Å². The predicted molar refractivity (Wildman–Crippen MR) is 159 cm³/mol. The van der Waals surface area contributed by atoms with E-state index in [2.05, 4.69) is 5.32 Å². The normalized spacial score (nSPS) is 11.8. The van der Waals surface area contributed by atoms with Gasteiger partial charge in [0, 0.05) is 13.6 Å². The molecule has 1 unspecified atom stereocenters. The van der Waals surface area contributed by atoms with Crippen molar-refractivity contribution in [3.05, 3.63) is 121 Å². The van der Waals surface area contributed by atoms with Gasteiger partial charge in [-0.2, -0.15) is 0 Å². The largest absolute Gasteiger partial charge is 0.457 e. The number of hydrogen-bond donors (Lipinski definition) is 1. The van der Waals surface area contributed by atoms with E-state index in [0.717, 1.165) is 9.87 Å². The monoisotopic (exact) mass is 571 g/mol. The van der Waals surface area contributed by atoms with Crippen molar-refractivity contribution in [3.8, 4) is 11.5 Å². The summed E-state index contributed by atoms with van der Waals surface area (Å²) in [7, 11) is -2.62. The molecule has 41 heavy (non-hydrogen) atoms. The number of ether oxygens (including phenoxy) is 1. The van der Waals surface area contributed by atoms with Crippen molar-refractivity contribution in [2.45, 2.75) is 24.3 Å². The summed E-state index contributed by atoms with van der Waals surface area (Å²) in [6.45, 7) is 1.38. The summed E-state index contributed by atoms with van der Waals surface area (Å²) in [6, 6.07) is 32.5. The van der Waals surface area contributed by atoms with Crippen molar-refractivity contribution < 1.29 is 22.7 Å². The number of benzene rings is 4. The fraction of sp³-hybridized carbons (Fsp3) is 0.188. The first-order chi connectivity index (χ1) is 19.8. The quantitative estimate of drug-likeness (QED) is 0.262. The highest BCUT2D eigenvalue weighted by molar-refractivity contribution is 7.92. The van der Waals surface area contributed by atoms with E-state index in [-0.39, 0.29) is 17.3 Å². The van der Waals surface area contributed by atoms with E-state index in [4.69, 9.17) is 4.74 Å². The fourth-order valence-electron chi connectivity index (χ4n) is 4.33. The second-order valence-electron chi connectivity index (χ2n) is 9.35. The lowest BCUT2D eigenvalue weighted by atomic mass is 10.1. The Morgan fingerprint density at radius 2 is 1.32 bits per heavy atom. The van der Waals surface area contributed by atoms with Crippen molar-refractivity contribution in [1.82, 2.24) is 10.2 Å². The van der Waals surface area contributed by atoms with Crippen molar-refractivity contribution in [2.75, 3.05) is 24.4 Å². The molecule has 0 aliphatic rings. The number of para-hydroxylation sites is 1. The zero-order valence-corrected chi connectivity index (χ0v) is 23.8. The summed E-state index contributed by atoms with van der Waals surface area (Å²) < 4.78 is 34.6. The van der Waals surface area contributed by atoms with E-state index in [1.165, 1.54) is 24.1 Å². The minimum Gasteiger partial charge on any atom is -0.457 e. The second-order valence-corrected chi connectivity index (χ2v) is 11.2. The van der Waals surface area contributed by atoms with Crippen molar-refractivity contribution in [3.63, 3.8) is 0 Å². The summed E-state index contributed by atoms with van der Waals surface area (Å²) in [6.07, 6.45) is 0.505. The van der Waals surface area contributed by atoms with Crippen LogP contribution in [0.3, 0.4) is 0 Å². The molecule has 0 spiro atoms. The summed E-state index contributed by atoms with van der Waals surface area (Å²) >= 11 is 0. The number of hydrogen-bond acceptors (Lipinski definition) is 5. The minimum absolute atomic E-state index is 0.0487. The number of amides is 2. The molecular formula is C32H33N3O5S. The van der Waals surface area contributed by atoms with Gasteiger partial charge in [-0.1, -0.05) is 66.7 Å². The smallest absolute Gasteiger partial charge is 0.264 e. The highest BCUT2D eigenvalue weighted by Gasteiger charge is 2.32. The Balaban J connectivity index is 1.65. The van der Waals surface area contributed by atoms with Crippen LogP contribution >= 0.6 is 0 Å². The third-order valence-electron chi connectivity index (χ3n) is 6.61. The molecule has 2 amide bonds. The fourth-order valence-corrected chi connectivity index (χ4v) is 5.77. The summed E-state index contributed by atoms with van der Waals surface area (Å²) in [4.78, 5) is 27.9. The Morgan fingerprint density at radius 1 is 0.780 bits per heavy atom. The van der Waals surface area contributed by atoms with Crippen LogP contribution in [0.5, 0.6) is 11.5 Å². The Bertz CT molecular complexity index is 1530. The summed E-state index contributed by atoms with van der Waals surface area (Å²) in [5.41, 5.74) is 1.29. The van der Waals surface area contributed by atoms with Gasteiger partial charge in [-0.05, 0) is 67.4 Å². The topological polar surface area (TPSA) is 96.0 Å². The van der Waals surface area contributed by atoms with Gasteiger partial charge in [0.25, 0.3) is 10.0 Å². The molecule has 8 nitrogen and oxygen atoms in total. The molecule has 0 aromatic heterocycles. The van der Waals surface area contributed by atoms with Crippen molar-refractivity contribution in [1.29, 1.82) is 0 Å². The van der Waals surface area contributed by atoms with Gasteiger partial charge in [-0.3, -0.25) is 13.9 Å². The van der Waals surface area contributed by atoms with E-state index in [9.17, 15) is 18.0 Å². The maximum atomic E-state index is 13.9. The van der Waals surface area contributed by atoms with Crippen LogP contribution in [0, 0.1) is 0 Å². The van der Waals surface area contributed by atoms with Crippen LogP contribution in [0.4, 0.5) is 5.69 Å². The molecule has 1 atom stereocenters. The maximum Gasteiger partial charge on any atom is 0.264 e. The molecule has 0 radical (unpaired) electrons. The van der Waals surface area contributed by atoms with Crippen LogP contribution in [0.1, 0.15) is 12.5 Å². The molecule has 0 aliphatic heterocycles. The van der Waals surface area contributed by atoms with Gasteiger partial charge in [0.2, 0.25) is 11.8 Å². The standard InChI is InChI=1S/C32H33N3O5S/c1-25(32(37)33-2)34(23-22-26-12-6-3-7-13-26)31(36)24-35(41(38,39)30-16-10-5-11-17-30)27-18-20-29(21-19-27)40-28-14-8-4-9-15-28/h3-21,25H,22-24H2,1-2H3,(H,33,37). The highest BCUT2D eigenvalue weighted by Crippen LogP contribution is 2.28. The maximum absolute atomic E-state index is 13.9. The van der Waals surface area contributed by atoms with E-state index >= 15 is 0 Å². The van der Waals surface area contributed by atoms with Gasteiger partial charge in [0.15, 0.2) is 0 Å². The number of anilines is 1. The van der Waals surface area contributed by atoms with Crippen LogP contribution in [-0.4, -0.2) is 51.3 Å². The lowest BCUT2D eigenvalue weighted by Crippen LogP contribution is -2.51. The number of carbonyl (C=O) groups is 2. The summed E-state index contributed by atoms with van der Waals surface area (Å²) in [5, 5.41) is 2.59. The zero-order chi connectivity index (χ0) is 29.2. The Morgan fingerprint density at radius 3 is 1.90 bits per heavy atom. The number of likely N-dealkylation sites (N-methyl/N-ethyl adjacent to an activating group) is 1. The van der Waals surface area contributed by atoms with Crippen LogP contribution < -0.4 is 14.4 Å². The first kappa shape index (κ1) is 29.4. The zero-order valence-electron chi connectivity index (χ0n) is 23.0. The molecule has 0 bridgehead atoms. The van der Waals surface area contributed by atoms with Gasteiger partial charge in [-0.25, -0.2) is 8.42 Å². The van der Waals surface area contributed by atoms with E-state index in [1.807, 2.05) is 60.7 Å². The average molecular weight is 572 g/mol. The van der Waals surface area contributed by atoms with Gasteiger partial charge >= 0.3 is 0 Å². The van der Waals surface area contributed by atoms with E-state index in [0.29, 0.717) is 23.6 Å². The lowest BCUT2D eigenvalue weighted by Gasteiger charge is -2.31. The third-order valence-corrected chi connectivity index (χ3v) is 8.40. The van der Waals surface area contributed by atoms with E-state index in [1.54, 1.807) is 49.4 Å². The molecular weight excluding hydrogens is 538 g/mol. The number of rotatable bonds is 12. The van der Waals surface area contributed by atoms with Crippen LogP contribution in [0.2, 0.25) is 0 Å². The van der Waals surface area contributed by atoms with Crippen molar-refractivity contribution in [2.24, 2.45) is 0 Å². The van der Waals surface area contributed by atoms with Crippen LogP contribution in [-0.2, 0) is 26.0 Å². The highest BCUT2D eigenvalue weighted by atomic mass is 32.2. The SMILES string of the molecule is CNC(=O)C(C)N(CCc1ccccc1)C(=O)CN(c1ccc(Oc2ccccc2)cc1)S(=O)(=O)c1ccccc1. The first-order valence-corrected chi connectivity index (χ1v) is 14.7. The molecule has 0 aliphatic carbocycles. The number of nitrogens with one attached hydrogen (secondary N) is 1. The molecule has 0 saturated carbocycles. The Kier molecular flexibility index (Phi) is 9.76. The number of nitrogens with zero attached hydrogens (tertiary/aromatic N) is 2. The van der Waals surface area contributed by atoms with Crippen molar-refractivity contribution >= 4 is 27.5 Å². The average Bonchev–Trinajstić information content (AvgIpc) is 3.01. The van der Waals surface area contributed by atoms with Gasteiger partial charge < -0.3 is 15.0 Å². The second kappa shape index (κ2) is 13.6. The molecule has 4 aromatic carbocycles. The van der Waals surface area contributed by atoms with Crippen LogP contribution in [0.15, 0.2) is 120 Å². The summed E-state index contributed by atoms with van der Waals surface area (Å²) in [5.74, 6) is 0.315. The molecule has 0 heterocycles. The number of sulfonamides is 1. The molecule has 4 rings (SSSR count). The molecule has 4 aromatic rings. The first-order valence-electron chi connectivity index (χ1n) is 13.3. The molecule has 0 fully saturated rings. The lowest BCUT2D eigenvalue weighted by molar-refractivity contribution is -0.138.